The van der Waals surface area contributed by atoms with Gasteiger partial charge in [0.1, 0.15) is 0 Å². The number of methoxy groups -OCH3 is 1. The fourth-order valence-corrected chi connectivity index (χ4v) is 2.59. The predicted molar refractivity (Wildman–Crippen MR) is 77.4 cm³/mol. The van der Waals surface area contributed by atoms with Crippen molar-refractivity contribution >= 4 is 5.91 Å². The molecular formula is C15H23N3O2. The van der Waals surface area contributed by atoms with Gasteiger partial charge in [0.15, 0.2) is 0 Å². The van der Waals surface area contributed by atoms with E-state index in [1.807, 2.05) is 6.07 Å². The van der Waals surface area contributed by atoms with Gasteiger partial charge in [0, 0.05) is 18.8 Å². The van der Waals surface area contributed by atoms with Gasteiger partial charge in [-0.3, -0.25) is 4.79 Å². The minimum absolute atomic E-state index is 0.000488. The molecule has 1 atom stereocenters. The summed E-state index contributed by atoms with van der Waals surface area (Å²) in [5, 5.41) is 6.30. The largest absolute Gasteiger partial charge is 0.481 e. The van der Waals surface area contributed by atoms with E-state index in [1.165, 1.54) is 0 Å². The van der Waals surface area contributed by atoms with Gasteiger partial charge < -0.3 is 15.4 Å². The maximum absolute atomic E-state index is 12.3. The minimum atomic E-state index is -0.123. The third-order valence-electron chi connectivity index (χ3n) is 3.86. The van der Waals surface area contributed by atoms with Crippen LogP contribution < -0.4 is 15.4 Å². The number of nitrogens with zero attached hydrogens (tertiary/aromatic N) is 1. The van der Waals surface area contributed by atoms with E-state index in [2.05, 4.69) is 29.5 Å². The van der Waals surface area contributed by atoms with Gasteiger partial charge in [0.2, 0.25) is 11.8 Å². The highest BCUT2D eigenvalue weighted by Gasteiger charge is 2.36. The van der Waals surface area contributed by atoms with E-state index in [1.54, 1.807) is 19.4 Å². The van der Waals surface area contributed by atoms with Crippen LogP contribution in [0, 0.1) is 5.41 Å². The highest BCUT2D eigenvalue weighted by Crippen LogP contribution is 2.30. The number of hydrogen-bond acceptors (Lipinski definition) is 4. The molecule has 5 nitrogen and oxygen atoms in total. The summed E-state index contributed by atoms with van der Waals surface area (Å²) in [6.45, 7) is 5.67. The first kappa shape index (κ1) is 14.8. The molecule has 2 heterocycles. The molecule has 0 aromatic carbocycles. The van der Waals surface area contributed by atoms with Gasteiger partial charge in [0.05, 0.1) is 13.2 Å². The summed E-state index contributed by atoms with van der Waals surface area (Å²) in [7, 11) is 1.58. The van der Waals surface area contributed by atoms with Gasteiger partial charge >= 0.3 is 0 Å². The van der Waals surface area contributed by atoms with E-state index in [0.29, 0.717) is 12.4 Å². The average molecular weight is 277 g/mol. The first-order chi connectivity index (χ1) is 9.53. The monoisotopic (exact) mass is 277 g/mol. The molecule has 2 rings (SSSR count). The van der Waals surface area contributed by atoms with Crippen molar-refractivity contribution in [2.75, 3.05) is 13.7 Å². The van der Waals surface area contributed by atoms with Gasteiger partial charge in [0.25, 0.3) is 0 Å². The van der Waals surface area contributed by atoms with Crippen LogP contribution in [0.15, 0.2) is 18.3 Å². The Morgan fingerprint density at radius 3 is 2.95 bits per heavy atom. The van der Waals surface area contributed by atoms with Crippen LogP contribution in [-0.2, 0) is 11.3 Å². The Bertz CT molecular complexity index is 457. The van der Waals surface area contributed by atoms with E-state index in [4.69, 9.17) is 4.74 Å². The Kier molecular flexibility index (Phi) is 4.60. The zero-order valence-electron chi connectivity index (χ0n) is 12.4. The van der Waals surface area contributed by atoms with Crippen molar-refractivity contribution in [3.63, 3.8) is 0 Å². The van der Waals surface area contributed by atoms with E-state index in [9.17, 15) is 4.79 Å². The zero-order chi connectivity index (χ0) is 14.6. The summed E-state index contributed by atoms with van der Waals surface area (Å²) in [6.07, 6.45) is 3.92. The second-order valence-electron chi connectivity index (χ2n) is 5.91. The summed E-state index contributed by atoms with van der Waals surface area (Å²) in [5.74, 6) is 0.640. The topological polar surface area (TPSA) is 63.2 Å². The molecule has 1 aromatic heterocycles. The molecule has 1 amide bonds. The first-order valence-electron chi connectivity index (χ1n) is 7.03. The third kappa shape index (κ3) is 3.48. The number of nitrogens with one attached hydrogen (secondary N) is 2. The van der Waals surface area contributed by atoms with Crippen molar-refractivity contribution in [2.24, 2.45) is 5.41 Å². The lowest BCUT2D eigenvalue weighted by atomic mass is 9.77. The van der Waals surface area contributed by atoms with E-state index < -0.39 is 0 Å². The van der Waals surface area contributed by atoms with Crippen LogP contribution in [0.4, 0.5) is 0 Å². The Morgan fingerprint density at radius 2 is 2.35 bits per heavy atom. The van der Waals surface area contributed by atoms with Crippen molar-refractivity contribution in [2.45, 2.75) is 39.3 Å². The van der Waals surface area contributed by atoms with Crippen LogP contribution in [0.5, 0.6) is 5.88 Å². The van der Waals surface area contributed by atoms with Gasteiger partial charge in [-0.05, 0) is 30.4 Å². The number of rotatable bonds is 4. The molecule has 1 unspecified atom stereocenters. The second-order valence-corrected chi connectivity index (χ2v) is 5.91. The number of amides is 1. The fourth-order valence-electron chi connectivity index (χ4n) is 2.59. The molecule has 0 radical (unpaired) electrons. The van der Waals surface area contributed by atoms with Crippen LogP contribution in [0.1, 0.15) is 32.3 Å². The molecule has 1 aliphatic rings. The molecule has 1 aromatic rings. The van der Waals surface area contributed by atoms with Crippen LogP contribution >= 0.6 is 0 Å². The molecule has 20 heavy (non-hydrogen) atoms. The Morgan fingerprint density at radius 1 is 1.55 bits per heavy atom. The number of piperidine rings is 1. The maximum atomic E-state index is 12.3. The fraction of sp³-hybridized carbons (Fsp3) is 0.600. The molecule has 1 aliphatic heterocycles. The molecular weight excluding hydrogens is 254 g/mol. The van der Waals surface area contributed by atoms with Gasteiger partial charge in [-0.25, -0.2) is 4.98 Å². The SMILES string of the molecule is COc1ccc(CNC(=O)C2NCCCC2(C)C)cn1. The summed E-state index contributed by atoms with van der Waals surface area (Å²) in [4.78, 5) is 16.4. The molecule has 0 aliphatic carbocycles. The lowest BCUT2D eigenvalue weighted by Gasteiger charge is -2.38. The smallest absolute Gasteiger partial charge is 0.237 e. The zero-order valence-corrected chi connectivity index (χ0v) is 12.4. The summed E-state index contributed by atoms with van der Waals surface area (Å²) in [5.41, 5.74) is 0.966. The quantitative estimate of drug-likeness (QED) is 0.875. The summed E-state index contributed by atoms with van der Waals surface area (Å²) in [6, 6.07) is 3.58. The molecule has 1 fully saturated rings. The van der Waals surface area contributed by atoms with E-state index in [0.717, 1.165) is 24.9 Å². The molecule has 2 N–H and O–H groups in total. The lowest BCUT2D eigenvalue weighted by molar-refractivity contribution is -0.126. The van der Waals surface area contributed by atoms with E-state index >= 15 is 0 Å². The number of pyridine rings is 1. The van der Waals surface area contributed by atoms with Crippen LogP contribution in [0.3, 0.4) is 0 Å². The van der Waals surface area contributed by atoms with Gasteiger partial charge in [-0.2, -0.15) is 0 Å². The highest BCUT2D eigenvalue weighted by molar-refractivity contribution is 5.82. The van der Waals surface area contributed by atoms with Crippen LogP contribution in [-0.4, -0.2) is 30.6 Å². The van der Waals surface area contributed by atoms with Gasteiger partial charge in [-0.15, -0.1) is 0 Å². The van der Waals surface area contributed by atoms with E-state index in [-0.39, 0.29) is 17.4 Å². The molecule has 1 saturated heterocycles. The number of ether oxygens (including phenoxy) is 1. The molecule has 0 bridgehead atoms. The molecule has 0 spiro atoms. The Balaban J connectivity index is 1.90. The highest BCUT2D eigenvalue weighted by atomic mass is 16.5. The van der Waals surface area contributed by atoms with Crippen molar-refractivity contribution in [3.05, 3.63) is 23.9 Å². The van der Waals surface area contributed by atoms with Gasteiger partial charge in [-0.1, -0.05) is 19.9 Å². The summed E-state index contributed by atoms with van der Waals surface area (Å²) >= 11 is 0. The standard InChI is InChI=1S/C15H23N3O2/c1-15(2)7-4-8-16-13(15)14(19)18-10-11-5-6-12(20-3)17-9-11/h5-6,9,13,16H,4,7-8,10H2,1-3H3,(H,18,19). The van der Waals surface area contributed by atoms with Crippen molar-refractivity contribution < 1.29 is 9.53 Å². The lowest BCUT2D eigenvalue weighted by Crippen LogP contribution is -2.55. The minimum Gasteiger partial charge on any atom is -0.481 e. The van der Waals surface area contributed by atoms with Crippen LogP contribution in [0.25, 0.3) is 0 Å². The van der Waals surface area contributed by atoms with Crippen molar-refractivity contribution in [1.82, 2.24) is 15.6 Å². The van der Waals surface area contributed by atoms with Crippen LogP contribution in [0.2, 0.25) is 0 Å². The number of carbonyl (C=O) groups excluding carboxylic acids is 1. The van der Waals surface area contributed by atoms with Crippen molar-refractivity contribution in [1.29, 1.82) is 0 Å². The maximum Gasteiger partial charge on any atom is 0.237 e. The predicted octanol–water partition coefficient (Wildman–Crippen LogP) is 1.48. The summed E-state index contributed by atoms with van der Waals surface area (Å²) < 4.78 is 5.01. The second kappa shape index (κ2) is 6.22. The normalized spacial score (nSPS) is 21.2. The Labute approximate surface area is 120 Å². The Hall–Kier alpha value is -1.62. The number of aromatic nitrogens is 1. The molecule has 5 heteroatoms. The first-order valence-corrected chi connectivity index (χ1v) is 7.03. The van der Waals surface area contributed by atoms with Crippen molar-refractivity contribution in [3.8, 4) is 5.88 Å². The number of hydrogen-bond donors (Lipinski definition) is 2. The molecule has 110 valence electrons. The average Bonchev–Trinajstić information content (AvgIpc) is 2.45. The molecule has 0 saturated carbocycles. The third-order valence-corrected chi connectivity index (χ3v) is 3.86. The number of carbonyl (C=O) groups is 1.